The van der Waals surface area contributed by atoms with Gasteiger partial charge < -0.3 is 10.6 Å². The Morgan fingerprint density at radius 2 is 2.10 bits per heavy atom. The zero-order chi connectivity index (χ0) is 14.5. The number of hydrogen-bond acceptors (Lipinski definition) is 3. The third kappa shape index (κ3) is 3.73. The maximum atomic E-state index is 11.2. The van der Waals surface area contributed by atoms with Gasteiger partial charge in [0.05, 0.1) is 0 Å². The molecule has 1 fully saturated rings. The quantitative estimate of drug-likeness (QED) is 0.894. The fourth-order valence-electron chi connectivity index (χ4n) is 3.03. The summed E-state index contributed by atoms with van der Waals surface area (Å²) < 4.78 is 0. The van der Waals surface area contributed by atoms with Crippen LogP contribution in [-0.2, 0) is 11.3 Å². The lowest BCUT2D eigenvalue weighted by molar-refractivity contribution is -0.119. The minimum absolute atomic E-state index is 0.192. The van der Waals surface area contributed by atoms with Crippen molar-refractivity contribution >= 4 is 11.6 Å². The fourth-order valence-corrected chi connectivity index (χ4v) is 3.03. The first kappa shape index (κ1) is 14.9. The van der Waals surface area contributed by atoms with Crippen molar-refractivity contribution in [2.45, 2.75) is 38.3 Å². The summed E-state index contributed by atoms with van der Waals surface area (Å²) >= 11 is 0. The smallest absolute Gasteiger partial charge is 0.218 e. The molecule has 0 radical (unpaired) electrons. The summed E-state index contributed by atoms with van der Waals surface area (Å²) in [5, 5.41) is 0. The minimum Gasteiger partial charge on any atom is -0.377 e. The summed E-state index contributed by atoms with van der Waals surface area (Å²) in [4.78, 5) is 15.8. The first-order chi connectivity index (χ1) is 9.58. The first-order valence-corrected chi connectivity index (χ1v) is 7.35. The van der Waals surface area contributed by atoms with E-state index in [0.717, 1.165) is 19.5 Å². The number of anilines is 1. The molecule has 0 aromatic heterocycles. The van der Waals surface area contributed by atoms with Crippen LogP contribution >= 0.6 is 0 Å². The maximum Gasteiger partial charge on any atom is 0.218 e. The monoisotopic (exact) mass is 275 g/mol. The molecule has 0 bridgehead atoms. The van der Waals surface area contributed by atoms with Gasteiger partial charge in [0.2, 0.25) is 5.91 Å². The van der Waals surface area contributed by atoms with Crippen LogP contribution in [0.2, 0.25) is 0 Å². The van der Waals surface area contributed by atoms with Crippen molar-refractivity contribution in [3.05, 3.63) is 29.8 Å². The second-order valence-electron chi connectivity index (χ2n) is 5.81. The Hall–Kier alpha value is -1.55. The van der Waals surface area contributed by atoms with Crippen LogP contribution in [0.3, 0.4) is 0 Å². The van der Waals surface area contributed by atoms with Crippen LogP contribution in [0.15, 0.2) is 24.3 Å². The molecule has 2 N–H and O–H groups in total. The number of nitrogens with two attached hydrogens (primary N) is 1. The van der Waals surface area contributed by atoms with E-state index in [4.69, 9.17) is 5.73 Å². The topological polar surface area (TPSA) is 49.6 Å². The van der Waals surface area contributed by atoms with Gasteiger partial charge in [-0.15, -0.1) is 0 Å². The molecule has 0 saturated carbocycles. The molecule has 0 unspecified atom stereocenters. The highest BCUT2D eigenvalue weighted by Crippen LogP contribution is 2.25. The van der Waals surface area contributed by atoms with Gasteiger partial charge in [0, 0.05) is 38.8 Å². The third-order valence-electron chi connectivity index (χ3n) is 4.03. The van der Waals surface area contributed by atoms with E-state index >= 15 is 0 Å². The number of benzene rings is 1. The number of amides is 1. The van der Waals surface area contributed by atoms with Gasteiger partial charge in [0.1, 0.15) is 0 Å². The summed E-state index contributed by atoms with van der Waals surface area (Å²) in [6.45, 7) is 1.95. The number of piperidine rings is 1. The van der Waals surface area contributed by atoms with Crippen LogP contribution in [0.25, 0.3) is 0 Å². The Balaban J connectivity index is 2.12. The van der Waals surface area contributed by atoms with Crippen molar-refractivity contribution < 1.29 is 4.79 Å². The van der Waals surface area contributed by atoms with Crippen molar-refractivity contribution in [2.75, 3.05) is 25.5 Å². The van der Waals surface area contributed by atoms with E-state index in [1.165, 1.54) is 24.1 Å². The van der Waals surface area contributed by atoms with E-state index in [2.05, 4.69) is 48.2 Å². The molecule has 1 atom stereocenters. The Morgan fingerprint density at radius 1 is 1.35 bits per heavy atom. The zero-order valence-electron chi connectivity index (χ0n) is 12.5. The Labute approximate surface area is 121 Å². The van der Waals surface area contributed by atoms with Crippen LogP contribution in [-0.4, -0.2) is 37.5 Å². The number of hydrogen-bond donors (Lipinski definition) is 1. The van der Waals surface area contributed by atoms with Gasteiger partial charge in [-0.25, -0.2) is 0 Å². The second-order valence-corrected chi connectivity index (χ2v) is 5.81. The number of primary amides is 1. The van der Waals surface area contributed by atoms with Crippen LogP contribution in [0.4, 0.5) is 5.69 Å². The lowest BCUT2D eigenvalue weighted by Crippen LogP contribution is -2.41. The highest BCUT2D eigenvalue weighted by molar-refractivity contribution is 5.74. The molecule has 110 valence electrons. The average molecular weight is 275 g/mol. The number of para-hydroxylation sites is 1. The molecule has 1 heterocycles. The van der Waals surface area contributed by atoms with E-state index in [0.29, 0.717) is 12.5 Å². The highest BCUT2D eigenvalue weighted by Gasteiger charge is 2.24. The van der Waals surface area contributed by atoms with Gasteiger partial charge >= 0.3 is 0 Å². The molecule has 1 saturated heterocycles. The fraction of sp³-hybridized carbons (Fsp3) is 0.562. The van der Waals surface area contributed by atoms with Crippen LogP contribution in [0, 0.1) is 0 Å². The zero-order valence-corrected chi connectivity index (χ0v) is 12.5. The summed E-state index contributed by atoms with van der Waals surface area (Å²) in [5.74, 6) is -0.192. The van der Waals surface area contributed by atoms with Gasteiger partial charge in [0.15, 0.2) is 0 Å². The Morgan fingerprint density at radius 3 is 2.80 bits per heavy atom. The van der Waals surface area contributed by atoms with Gasteiger partial charge in [-0.3, -0.25) is 9.69 Å². The summed E-state index contributed by atoms with van der Waals surface area (Å²) in [5.41, 5.74) is 7.94. The summed E-state index contributed by atoms with van der Waals surface area (Å²) in [6.07, 6.45) is 3.96. The number of likely N-dealkylation sites (tertiary alicyclic amines) is 1. The van der Waals surface area contributed by atoms with Gasteiger partial charge in [-0.1, -0.05) is 24.6 Å². The second kappa shape index (κ2) is 6.75. The Bertz CT molecular complexity index is 459. The molecule has 2 rings (SSSR count). The molecule has 1 aliphatic heterocycles. The molecule has 0 spiro atoms. The van der Waals surface area contributed by atoms with Gasteiger partial charge in [-0.2, -0.15) is 0 Å². The molecule has 20 heavy (non-hydrogen) atoms. The highest BCUT2D eigenvalue weighted by atomic mass is 16.1. The van der Waals surface area contributed by atoms with E-state index in [9.17, 15) is 4.79 Å². The largest absolute Gasteiger partial charge is 0.377 e. The Kier molecular flexibility index (Phi) is 5.01. The van der Waals surface area contributed by atoms with Crippen LogP contribution in [0.5, 0.6) is 0 Å². The maximum absolute atomic E-state index is 11.2. The molecule has 0 aliphatic carbocycles. The number of rotatable bonds is 5. The molecular formula is C16H25N3O. The van der Waals surface area contributed by atoms with Gasteiger partial charge in [0.25, 0.3) is 0 Å². The number of nitrogens with zero attached hydrogens (tertiary/aromatic N) is 2. The van der Waals surface area contributed by atoms with E-state index < -0.39 is 0 Å². The lowest BCUT2D eigenvalue weighted by Gasteiger charge is -2.36. The standard InChI is InChI=1S/C16H25N3O/c1-18(2)15-9-4-3-7-13(15)12-19-10-6-5-8-14(19)11-16(17)20/h3-4,7,9,14H,5-6,8,10-12H2,1-2H3,(H2,17,20)/t14-/m1/s1. The first-order valence-electron chi connectivity index (χ1n) is 7.35. The molecule has 1 amide bonds. The molecular weight excluding hydrogens is 250 g/mol. The normalized spacial score (nSPS) is 19.8. The lowest BCUT2D eigenvalue weighted by atomic mass is 9.98. The predicted octanol–water partition coefficient (Wildman–Crippen LogP) is 1.98. The molecule has 1 aliphatic rings. The van der Waals surface area contributed by atoms with Crippen LogP contribution in [0.1, 0.15) is 31.2 Å². The summed E-state index contributed by atoms with van der Waals surface area (Å²) in [6, 6.07) is 8.76. The average Bonchev–Trinajstić information content (AvgIpc) is 2.41. The molecule has 1 aromatic carbocycles. The van der Waals surface area contributed by atoms with Gasteiger partial charge in [-0.05, 0) is 31.0 Å². The van der Waals surface area contributed by atoms with E-state index in [1.54, 1.807) is 0 Å². The van der Waals surface area contributed by atoms with E-state index in [1.807, 2.05) is 0 Å². The molecule has 4 nitrogen and oxygen atoms in total. The molecule has 4 heteroatoms. The third-order valence-corrected chi connectivity index (χ3v) is 4.03. The van der Waals surface area contributed by atoms with Crippen molar-refractivity contribution in [1.82, 2.24) is 4.90 Å². The van der Waals surface area contributed by atoms with E-state index in [-0.39, 0.29) is 5.91 Å². The van der Waals surface area contributed by atoms with Crippen molar-refractivity contribution in [1.29, 1.82) is 0 Å². The van der Waals surface area contributed by atoms with Crippen molar-refractivity contribution in [2.24, 2.45) is 5.73 Å². The predicted molar refractivity (Wildman–Crippen MR) is 82.6 cm³/mol. The SMILES string of the molecule is CN(C)c1ccccc1CN1CCCC[C@@H]1CC(N)=O. The minimum atomic E-state index is -0.192. The van der Waals surface area contributed by atoms with Crippen molar-refractivity contribution in [3.63, 3.8) is 0 Å². The number of carbonyl (C=O) groups is 1. The van der Waals surface area contributed by atoms with Crippen molar-refractivity contribution in [3.8, 4) is 0 Å². The summed E-state index contributed by atoms with van der Waals surface area (Å²) in [7, 11) is 4.13. The van der Waals surface area contributed by atoms with Crippen LogP contribution < -0.4 is 10.6 Å². The molecule has 1 aromatic rings. The number of carbonyl (C=O) groups excluding carboxylic acids is 1.